The van der Waals surface area contributed by atoms with Crippen molar-refractivity contribution in [3.63, 3.8) is 0 Å². The molecule has 0 amide bonds. The topological polar surface area (TPSA) is 18.5 Å². The van der Waals surface area contributed by atoms with Gasteiger partial charge in [-0.25, -0.2) is 0 Å². The third-order valence-electron chi connectivity index (χ3n) is 4.59. The molecular weight excluding hydrogens is 404 g/mol. The minimum atomic E-state index is -0.173. The number of ether oxygens (including phenoxy) is 2. The van der Waals surface area contributed by atoms with Gasteiger partial charge in [-0.1, -0.05) is 104 Å². The third-order valence-corrected chi connectivity index (χ3v) is 4.59. The lowest BCUT2D eigenvalue weighted by Gasteiger charge is -2.26. The van der Waals surface area contributed by atoms with Crippen molar-refractivity contribution in [1.82, 2.24) is 0 Å². The van der Waals surface area contributed by atoms with Crippen molar-refractivity contribution in [2.24, 2.45) is 0 Å². The lowest BCUT2D eigenvalue weighted by molar-refractivity contribution is 0.444. The molecule has 176 valence electrons. The van der Waals surface area contributed by atoms with Crippen LogP contribution in [-0.4, -0.2) is 0 Å². The standard InChI is InChI=1S/C27H28O2.2C2H6/c1-7-11-23(9-3)28-25-17-13-21(14-18-25)27(5,6)22-15-19-26(20-16-22)29-24(10-4)12-8-2;2*1-2/h7-20H,1-4H2,5-6H3;2*1-2H3/b23-11+,24-12+;;. The molecule has 2 rings (SSSR count). The van der Waals surface area contributed by atoms with Gasteiger partial charge < -0.3 is 9.47 Å². The molecular formula is C31H40O2. The maximum Gasteiger partial charge on any atom is 0.127 e. The van der Waals surface area contributed by atoms with Gasteiger partial charge in [-0.05, 0) is 59.7 Å². The van der Waals surface area contributed by atoms with Gasteiger partial charge in [-0.2, -0.15) is 0 Å². The third kappa shape index (κ3) is 9.24. The van der Waals surface area contributed by atoms with Crippen LogP contribution in [0, 0.1) is 0 Å². The molecule has 2 aromatic carbocycles. The van der Waals surface area contributed by atoms with Gasteiger partial charge in [0, 0.05) is 5.41 Å². The van der Waals surface area contributed by atoms with Gasteiger partial charge >= 0.3 is 0 Å². The largest absolute Gasteiger partial charge is 0.457 e. The summed E-state index contributed by atoms with van der Waals surface area (Å²) in [6.45, 7) is 27.2. The van der Waals surface area contributed by atoms with Crippen molar-refractivity contribution in [2.45, 2.75) is 47.0 Å². The lowest BCUT2D eigenvalue weighted by Crippen LogP contribution is -2.18. The van der Waals surface area contributed by atoms with Crippen LogP contribution < -0.4 is 9.47 Å². The summed E-state index contributed by atoms with van der Waals surface area (Å²) in [5.74, 6) is 2.83. The molecule has 2 heteroatoms. The molecule has 0 spiro atoms. The quantitative estimate of drug-likeness (QED) is 0.268. The average Bonchev–Trinajstić information content (AvgIpc) is 2.86. The Kier molecular flexibility index (Phi) is 14.4. The van der Waals surface area contributed by atoms with Gasteiger partial charge in [0.05, 0.1) is 0 Å². The second-order valence-electron chi connectivity index (χ2n) is 6.90. The predicted molar refractivity (Wildman–Crippen MR) is 146 cm³/mol. The monoisotopic (exact) mass is 444 g/mol. The number of benzene rings is 2. The first kappa shape index (κ1) is 29.5. The van der Waals surface area contributed by atoms with Gasteiger partial charge in [0.1, 0.15) is 23.0 Å². The van der Waals surface area contributed by atoms with Crippen LogP contribution in [0.5, 0.6) is 11.5 Å². The van der Waals surface area contributed by atoms with Crippen molar-refractivity contribution in [2.75, 3.05) is 0 Å². The summed E-state index contributed by atoms with van der Waals surface area (Å²) in [6, 6.07) is 16.2. The molecule has 0 atom stereocenters. The fraction of sp³-hybridized carbons (Fsp3) is 0.226. The molecule has 0 aliphatic heterocycles. The van der Waals surface area contributed by atoms with Crippen LogP contribution in [-0.2, 0) is 5.41 Å². The molecule has 0 radical (unpaired) electrons. The molecule has 0 N–H and O–H groups in total. The summed E-state index contributed by atoms with van der Waals surface area (Å²) in [5, 5.41) is 0. The molecule has 0 aliphatic carbocycles. The summed E-state index contributed by atoms with van der Waals surface area (Å²) in [6.07, 6.45) is 10.2. The minimum absolute atomic E-state index is 0.173. The Morgan fingerprint density at radius 1 is 0.606 bits per heavy atom. The molecule has 0 saturated carbocycles. The zero-order valence-electron chi connectivity index (χ0n) is 21.2. The molecule has 2 aromatic rings. The number of allylic oxidation sites excluding steroid dienone is 6. The Morgan fingerprint density at radius 2 is 0.909 bits per heavy atom. The summed E-state index contributed by atoms with van der Waals surface area (Å²) in [4.78, 5) is 0. The Morgan fingerprint density at radius 3 is 1.15 bits per heavy atom. The highest BCUT2D eigenvalue weighted by Crippen LogP contribution is 2.33. The van der Waals surface area contributed by atoms with Crippen LogP contribution >= 0.6 is 0 Å². The Labute approximate surface area is 202 Å². The van der Waals surface area contributed by atoms with Gasteiger partial charge in [-0.3, -0.25) is 0 Å². The fourth-order valence-electron chi connectivity index (χ4n) is 2.84. The normalized spacial score (nSPS) is 11.0. The Bertz CT molecular complexity index is 846. The molecule has 0 aliphatic rings. The minimum Gasteiger partial charge on any atom is -0.457 e. The van der Waals surface area contributed by atoms with E-state index in [2.05, 4.69) is 64.4 Å². The zero-order valence-corrected chi connectivity index (χ0v) is 21.2. The molecule has 2 nitrogen and oxygen atoms in total. The smallest absolute Gasteiger partial charge is 0.127 e. The maximum absolute atomic E-state index is 5.80. The van der Waals surface area contributed by atoms with E-state index in [1.165, 1.54) is 11.1 Å². The molecule has 0 fully saturated rings. The van der Waals surface area contributed by atoms with Gasteiger partial charge in [-0.15, -0.1) is 0 Å². The van der Waals surface area contributed by atoms with E-state index >= 15 is 0 Å². The van der Waals surface area contributed by atoms with Crippen molar-refractivity contribution in [1.29, 1.82) is 0 Å². The van der Waals surface area contributed by atoms with Gasteiger partial charge in [0.25, 0.3) is 0 Å². The molecule has 0 aromatic heterocycles. The number of hydrogen-bond acceptors (Lipinski definition) is 2. The summed E-state index contributed by atoms with van der Waals surface area (Å²) in [7, 11) is 0. The maximum atomic E-state index is 5.80. The molecule has 0 unspecified atom stereocenters. The van der Waals surface area contributed by atoms with E-state index in [1.54, 1.807) is 36.5 Å². The molecule has 0 bridgehead atoms. The van der Waals surface area contributed by atoms with E-state index in [9.17, 15) is 0 Å². The Balaban J connectivity index is 0.00000242. The van der Waals surface area contributed by atoms with Crippen molar-refractivity contribution in [3.05, 3.63) is 134 Å². The highest BCUT2D eigenvalue weighted by molar-refractivity contribution is 5.42. The van der Waals surface area contributed by atoms with E-state index in [1.807, 2.05) is 52.0 Å². The summed E-state index contributed by atoms with van der Waals surface area (Å²) >= 11 is 0. The fourth-order valence-corrected chi connectivity index (χ4v) is 2.84. The van der Waals surface area contributed by atoms with E-state index in [0.717, 1.165) is 11.5 Å². The van der Waals surface area contributed by atoms with E-state index < -0.39 is 0 Å². The van der Waals surface area contributed by atoms with Crippen molar-refractivity contribution >= 4 is 0 Å². The second kappa shape index (κ2) is 16.2. The zero-order chi connectivity index (χ0) is 25.3. The second-order valence-corrected chi connectivity index (χ2v) is 6.90. The highest BCUT2D eigenvalue weighted by atomic mass is 16.5. The first-order chi connectivity index (χ1) is 15.9. The van der Waals surface area contributed by atoms with E-state index in [4.69, 9.17) is 9.47 Å². The van der Waals surface area contributed by atoms with Crippen LogP contribution in [0.3, 0.4) is 0 Å². The van der Waals surface area contributed by atoms with Crippen molar-refractivity contribution in [3.8, 4) is 11.5 Å². The van der Waals surface area contributed by atoms with Crippen LogP contribution in [0.2, 0.25) is 0 Å². The SMILES string of the molecule is C=C/C=C(\C=C)Oc1ccc(C(C)(C)c2ccc(O/C(C=C)=C/C=C)cc2)cc1.CC.CC. The Hall–Kier alpha value is -3.52. The summed E-state index contributed by atoms with van der Waals surface area (Å²) in [5.41, 5.74) is 2.20. The highest BCUT2D eigenvalue weighted by Gasteiger charge is 2.23. The number of rotatable bonds is 10. The number of hydrogen-bond donors (Lipinski definition) is 0. The summed E-state index contributed by atoms with van der Waals surface area (Å²) < 4.78 is 11.6. The van der Waals surface area contributed by atoms with Crippen LogP contribution in [0.15, 0.2) is 123 Å². The van der Waals surface area contributed by atoms with Crippen LogP contribution in [0.4, 0.5) is 0 Å². The van der Waals surface area contributed by atoms with Crippen molar-refractivity contribution < 1.29 is 9.47 Å². The van der Waals surface area contributed by atoms with Crippen LogP contribution in [0.1, 0.15) is 52.7 Å². The lowest BCUT2D eigenvalue weighted by atomic mass is 9.78. The molecule has 0 heterocycles. The van der Waals surface area contributed by atoms with E-state index in [-0.39, 0.29) is 5.41 Å². The molecule has 0 saturated heterocycles. The first-order valence-corrected chi connectivity index (χ1v) is 11.4. The predicted octanol–water partition coefficient (Wildman–Crippen LogP) is 9.33. The van der Waals surface area contributed by atoms with Gasteiger partial charge in [0.2, 0.25) is 0 Å². The molecule has 33 heavy (non-hydrogen) atoms. The first-order valence-electron chi connectivity index (χ1n) is 11.4. The van der Waals surface area contributed by atoms with E-state index in [0.29, 0.717) is 11.5 Å². The average molecular weight is 445 g/mol. The van der Waals surface area contributed by atoms with Crippen LogP contribution in [0.25, 0.3) is 0 Å². The van der Waals surface area contributed by atoms with Gasteiger partial charge in [0.15, 0.2) is 0 Å².